The van der Waals surface area contributed by atoms with Gasteiger partial charge in [0.15, 0.2) is 13.2 Å². The van der Waals surface area contributed by atoms with Gasteiger partial charge in [0.05, 0.1) is 15.1 Å². The van der Waals surface area contributed by atoms with Crippen molar-refractivity contribution in [1.29, 1.82) is 0 Å². The number of carbonyl (C=O) groups excluding carboxylic acids is 1. The van der Waals surface area contributed by atoms with Crippen LogP contribution in [0.15, 0.2) is 40.8 Å². The van der Waals surface area contributed by atoms with E-state index >= 15 is 0 Å². The van der Waals surface area contributed by atoms with Crippen molar-refractivity contribution < 1.29 is 18.7 Å². The Hall–Kier alpha value is -1.99. The van der Waals surface area contributed by atoms with E-state index in [9.17, 15) is 4.79 Å². The summed E-state index contributed by atoms with van der Waals surface area (Å²) in [6.07, 6.45) is 0. The van der Waals surface area contributed by atoms with Gasteiger partial charge in [0.2, 0.25) is 5.89 Å². The maximum atomic E-state index is 11.8. The number of hydrogen-bond acceptors (Lipinski definition) is 6. The normalized spacial score (nSPS) is 10.7. The smallest absolute Gasteiger partial charge is 0.344 e. The first-order valence-corrected chi connectivity index (χ1v) is 8.95. The molecular formula is C17H10Cl4N2O4. The van der Waals surface area contributed by atoms with Crippen LogP contribution in [0.3, 0.4) is 0 Å². The molecule has 0 aliphatic carbocycles. The van der Waals surface area contributed by atoms with Crippen molar-refractivity contribution in [2.45, 2.75) is 6.61 Å². The van der Waals surface area contributed by atoms with Crippen LogP contribution in [0, 0.1) is 0 Å². The molecule has 0 unspecified atom stereocenters. The maximum absolute atomic E-state index is 11.8. The highest BCUT2D eigenvalue weighted by atomic mass is 35.5. The molecule has 0 aliphatic heterocycles. The topological polar surface area (TPSA) is 74.5 Å². The first kappa shape index (κ1) is 19.8. The highest BCUT2D eigenvalue weighted by Gasteiger charge is 2.13. The zero-order valence-electron chi connectivity index (χ0n) is 13.4. The van der Waals surface area contributed by atoms with Crippen LogP contribution < -0.4 is 4.74 Å². The second-order valence-corrected chi connectivity index (χ2v) is 6.81. The zero-order chi connectivity index (χ0) is 19.4. The van der Waals surface area contributed by atoms with Crippen LogP contribution in [0.25, 0.3) is 11.5 Å². The predicted molar refractivity (Wildman–Crippen MR) is 102 cm³/mol. The lowest BCUT2D eigenvalue weighted by Crippen LogP contribution is -2.15. The largest absolute Gasteiger partial charge is 0.480 e. The molecule has 6 nitrogen and oxygen atoms in total. The van der Waals surface area contributed by atoms with Crippen molar-refractivity contribution in [1.82, 2.24) is 10.2 Å². The Morgan fingerprint density at radius 2 is 1.67 bits per heavy atom. The van der Waals surface area contributed by atoms with Crippen LogP contribution in [0.2, 0.25) is 20.1 Å². The van der Waals surface area contributed by atoms with Gasteiger partial charge in [0, 0.05) is 16.7 Å². The molecule has 140 valence electrons. The minimum Gasteiger partial charge on any atom is -0.480 e. The molecule has 2 aromatic carbocycles. The van der Waals surface area contributed by atoms with Crippen molar-refractivity contribution >= 4 is 52.4 Å². The molecule has 0 N–H and O–H groups in total. The van der Waals surface area contributed by atoms with E-state index < -0.39 is 5.97 Å². The summed E-state index contributed by atoms with van der Waals surface area (Å²) in [6, 6.07) is 9.71. The molecule has 0 atom stereocenters. The fraction of sp³-hybridized carbons (Fsp3) is 0.118. The van der Waals surface area contributed by atoms with Crippen LogP contribution in [-0.4, -0.2) is 22.8 Å². The summed E-state index contributed by atoms with van der Waals surface area (Å²) in [5.74, 6) is -0.00774. The number of carbonyl (C=O) groups is 1. The van der Waals surface area contributed by atoms with Gasteiger partial charge < -0.3 is 13.9 Å². The van der Waals surface area contributed by atoms with E-state index in [-0.39, 0.29) is 45.8 Å². The highest BCUT2D eigenvalue weighted by Crippen LogP contribution is 2.33. The molecule has 0 aliphatic rings. The van der Waals surface area contributed by atoms with Gasteiger partial charge in [-0.25, -0.2) is 4.79 Å². The van der Waals surface area contributed by atoms with E-state index in [1.54, 1.807) is 24.3 Å². The van der Waals surface area contributed by atoms with E-state index in [1.165, 1.54) is 12.1 Å². The van der Waals surface area contributed by atoms with Crippen molar-refractivity contribution in [3.63, 3.8) is 0 Å². The lowest BCUT2D eigenvalue weighted by molar-refractivity contribution is -0.148. The second kappa shape index (κ2) is 8.80. The fourth-order valence-corrected chi connectivity index (χ4v) is 2.67. The van der Waals surface area contributed by atoms with Gasteiger partial charge in [-0.2, -0.15) is 0 Å². The molecule has 10 heteroatoms. The lowest BCUT2D eigenvalue weighted by atomic mass is 10.2. The molecule has 0 fully saturated rings. The molecule has 27 heavy (non-hydrogen) atoms. The summed E-state index contributed by atoms with van der Waals surface area (Å²) in [5.41, 5.74) is 0.696. The maximum Gasteiger partial charge on any atom is 0.344 e. The van der Waals surface area contributed by atoms with Crippen molar-refractivity contribution in [3.05, 3.63) is 62.4 Å². The van der Waals surface area contributed by atoms with E-state index in [0.717, 1.165) is 0 Å². The minimum absolute atomic E-state index is 0.140. The number of hydrogen-bond donors (Lipinski definition) is 0. The number of benzene rings is 2. The Bertz CT molecular complexity index is 960. The highest BCUT2D eigenvalue weighted by molar-refractivity contribution is 6.43. The third kappa shape index (κ3) is 5.26. The molecule has 1 heterocycles. The third-order valence-corrected chi connectivity index (χ3v) is 4.50. The molecule has 0 amide bonds. The van der Waals surface area contributed by atoms with Gasteiger partial charge in [-0.15, -0.1) is 10.2 Å². The second-order valence-electron chi connectivity index (χ2n) is 5.15. The van der Waals surface area contributed by atoms with Crippen molar-refractivity contribution in [2.24, 2.45) is 0 Å². The van der Waals surface area contributed by atoms with Crippen LogP contribution >= 0.6 is 46.4 Å². The van der Waals surface area contributed by atoms with Crippen LogP contribution in [0.5, 0.6) is 5.75 Å². The summed E-state index contributed by atoms with van der Waals surface area (Å²) in [4.78, 5) is 11.8. The molecule has 0 bridgehead atoms. The Balaban J connectivity index is 1.52. The van der Waals surface area contributed by atoms with Gasteiger partial charge in [0.1, 0.15) is 5.75 Å². The molecule has 3 aromatic rings. The average molecular weight is 448 g/mol. The molecule has 0 spiro atoms. The third-order valence-electron chi connectivity index (χ3n) is 3.23. The Kier molecular flexibility index (Phi) is 6.44. The van der Waals surface area contributed by atoms with Gasteiger partial charge >= 0.3 is 5.97 Å². The number of halogens is 4. The first-order valence-electron chi connectivity index (χ1n) is 7.43. The SMILES string of the molecule is O=C(COc1cc(Cl)c(Cl)cc1Cl)OCc1nnc(-c2ccc(Cl)cc2)o1. The van der Waals surface area contributed by atoms with Crippen LogP contribution in [-0.2, 0) is 16.1 Å². The van der Waals surface area contributed by atoms with Crippen LogP contribution in [0.4, 0.5) is 0 Å². The van der Waals surface area contributed by atoms with E-state index in [2.05, 4.69) is 10.2 Å². The summed E-state index contributed by atoms with van der Waals surface area (Å²) in [6.45, 7) is -0.576. The van der Waals surface area contributed by atoms with Crippen LogP contribution in [0.1, 0.15) is 5.89 Å². The Morgan fingerprint density at radius 1 is 0.963 bits per heavy atom. The molecule has 3 rings (SSSR count). The fourth-order valence-electron chi connectivity index (χ4n) is 1.96. The summed E-state index contributed by atoms with van der Waals surface area (Å²) >= 11 is 23.5. The van der Waals surface area contributed by atoms with Gasteiger partial charge in [-0.05, 0) is 30.3 Å². The van der Waals surface area contributed by atoms with Crippen molar-refractivity contribution in [3.8, 4) is 17.2 Å². The number of esters is 1. The molecule has 0 saturated carbocycles. The number of rotatable bonds is 6. The zero-order valence-corrected chi connectivity index (χ0v) is 16.4. The summed E-state index contributed by atoms with van der Waals surface area (Å²) < 4.78 is 15.7. The van der Waals surface area contributed by atoms with Gasteiger partial charge in [-0.1, -0.05) is 46.4 Å². The predicted octanol–water partition coefficient (Wildman–Crippen LogP) is 5.47. The van der Waals surface area contributed by atoms with E-state index in [1.807, 2.05) is 0 Å². The molecule has 0 radical (unpaired) electrons. The summed E-state index contributed by atoms with van der Waals surface area (Å²) in [7, 11) is 0. The Labute approximate surface area is 173 Å². The number of aromatic nitrogens is 2. The molecular weight excluding hydrogens is 438 g/mol. The van der Waals surface area contributed by atoms with E-state index in [4.69, 9.17) is 60.3 Å². The average Bonchev–Trinajstić information content (AvgIpc) is 3.11. The number of nitrogens with zero attached hydrogens (tertiary/aromatic N) is 2. The van der Waals surface area contributed by atoms with Crippen molar-refractivity contribution in [2.75, 3.05) is 6.61 Å². The first-order chi connectivity index (χ1) is 12.9. The van der Waals surface area contributed by atoms with Gasteiger partial charge in [0.25, 0.3) is 5.89 Å². The van der Waals surface area contributed by atoms with E-state index in [0.29, 0.717) is 10.6 Å². The lowest BCUT2D eigenvalue weighted by Gasteiger charge is -2.08. The summed E-state index contributed by atoms with van der Waals surface area (Å²) in [5, 5.41) is 9.06. The minimum atomic E-state index is -0.650. The molecule has 0 saturated heterocycles. The standard InChI is InChI=1S/C17H10Cl4N2O4/c18-10-3-1-9(2-4-10)17-23-22-15(27-17)7-26-16(24)8-25-14-6-12(20)11(19)5-13(14)21/h1-6H,7-8H2. The number of ether oxygens (including phenoxy) is 2. The Morgan fingerprint density at radius 3 is 2.41 bits per heavy atom. The van der Waals surface area contributed by atoms with Gasteiger partial charge in [-0.3, -0.25) is 0 Å². The monoisotopic (exact) mass is 446 g/mol. The quantitative estimate of drug-likeness (QED) is 0.368. The molecule has 1 aromatic heterocycles.